The molecular weight excluding hydrogens is 238 g/mol. The van der Waals surface area contributed by atoms with Crippen molar-refractivity contribution in [1.29, 1.82) is 0 Å². The third-order valence-corrected chi connectivity index (χ3v) is 2.48. The van der Waals surface area contributed by atoms with E-state index in [1.54, 1.807) is 18.3 Å². The number of rotatable bonds is 0. The number of nitrogens with zero attached hydrogens (tertiary/aromatic N) is 1. The number of amides is 1. The lowest BCUT2D eigenvalue weighted by Crippen LogP contribution is -2.10. The standard InChI is InChI=1S/C12H9N3O.ClH/c16-12-8-4-1-2-5-9(8)14-11-10(15-12)6-3-7-13-11;/h1-7H,(H,13,14)(H,15,16);1H. The van der Waals surface area contributed by atoms with Crippen LogP contribution in [0.5, 0.6) is 0 Å². The monoisotopic (exact) mass is 247 g/mol. The third-order valence-electron chi connectivity index (χ3n) is 2.48. The molecule has 0 saturated heterocycles. The number of anilines is 3. The van der Waals surface area contributed by atoms with Crippen LogP contribution in [-0.4, -0.2) is 10.9 Å². The summed E-state index contributed by atoms with van der Waals surface area (Å²) in [5.74, 6) is 0.552. The number of benzene rings is 1. The Morgan fingerprint density at radius 2 is 1.71 bits per heavy atom. The van der Waals surface area contributed by atoms with Gasteiger partial charge >= 0.3 is 0 Å². The van der Waals surface area contributed by atoms with Crippen molar-refractivity contribution in [3.63, 3.8) is 0 Å². The molecule has 1 aromatic carbocycles. The zero-order chi connectivity index (χ0) is 11.0. The molecule has 4 nitrogen and oxygen atoms in total. The lowest BCUT2D eigenvalue weighted by molar-refractivity contribution is 0.102. The molecule has 2 N–H and O–H groups in total. The number of hydrogen-bond donors (Lipinski definition) is 2. The molecule has 0 aliphatic carbocycles. The molecule has 2 aromatic rings. The highest BCUT2D eigenvalue weighted by molar-refractivity contribution is 6.11. The Labute approximate surface area is 104 Å². The van der Waals surface area contributed by atoms with Crippen LogP contribution in [0.15, 0.2) is 42.6 Å². The Hall–Kier alpha value is -2.07. The van der Waals surface area contributed by atoms with Gasteiger partial charge in [0.1, 0.15) is 0 Å². The molecule has 5 heteroatoms. The van der Waals surface area contributed by atoms with Crippen molar-refractivity contribution in [3.05, 3.63) is 48.2 Å². The molecule has 0 spiro atoms. The molecule has 86 valence electrons. The van der Waals surface area contributed by atoms with E-state index in [1.165, 1.54) is 0 Å². The summed E-state index contributed by atoms with van der Waals surface area (Å²) in [5.41, 5.74) is 2.10. The maximum absolute atomic E-state index is 11.9. The lowest BCUT2D eigenvalue weighted by atomic mass is 10.1. The second-order valence-electron chi connectivity index (χ2n) is 3.52. The molecule has 0 atom stereocenters. The Morgan fingerprint density at radius 1 is 0.941 bits per heavy atom. The van der Waals surface area contributed by atoms with Crippen LogP contribution in [0.25, 0.3) is 0 Å². The lowest BCUT2D eigenvalue weighted by Gasteiger charge is -2.05. The summed E-state index contributed by atoms with van der Waals surface area (Å²) >= 11 is 0. The molecule has 2 heterocycles. The highest BCUT2D eigenvalue weighted by Gasteiger charge is 2.18. The molecule has 0 fully saturated rings. The molecule has 0 radical (unpaired) electrons. The number of carbonyl (C=O) groups excluding carboxylic acids is 1. The van der Waals surface area contributed by atoms with Crippen molar-refractivity contribution >= 4 is 35.5 Å². The fourth-order valence-corrected chi connectivity index (χ4v) is 1.71. The average molecular weight is 248 g/mol. The van der Waals surface area contributed by atoms with E-state index < -0.39 is 0 Å². The van der Waals surface area contributed by atoms with Crippen LogP contribution >= 0.6 is 12.4 Å². The second kappa shape index (κ2) is 4.43. The molecule has 17 heavy (non-hydrogen) atoms. The van der Waals surface area contributed by atoms with Crippen molar-refractivity contribution < 1.29 is 4.79 Å². The predicted molar refractivity (Wildman–Crippen MR) is 69.2 cm³/mol. The second-order valence-corrected chi connectivity index (χ2v) is 3.52. The maximum Gasteiger partial charge on any atom is 0.257 e. The summed E-state index contributed by atoms with van der Waals surface area (Å²) in [5, 5.41) is 5.95. The molecular formula is C12H10ClN3O. The Balaban J connectivity index is 0.00000108. The Morgan fingerprint density at radius 3 is 2.59 bits per heavy atom. The molecule has 0 bridgehead atoms. The van der Waals surface area contributed by atoms with E-state index in [1.807, 2.05) is 24.3 Å². The maximum atomic E-state index is 11.9. The number of hydrogen-bond acceptors (Lipinski definition) is 3. The molecule has 1 aromatic heterocycles. The molecule has 1 aliphatic rings. The van der Waals surface area contributed by atoms with Crippen LogP contribution in [-0.2, 0) is 0 Å². The van der Waals surface area contributed by atoms with Crippen LogP contribution in [0, 0.1) is 0 Å². The average Bonchev–Trinajstić information content (AvgIpc) is 2.45. The predicted octanol–water partition coefficient (Wildman–Crippen LogP) is 2.81. The summed E-state index contributed by atoms with van der Waals surface area (Å²) in [6.45, 7) is 0. The van der Waals surface area contributed by atoms with Crippen LogP contribution in [0.2, 0.25) is 0 Å². The fourth-order valence-electron chi connectivity index (χ4n) is 1.71. The first-order valence-electron chi connectivity index (χ1n) is 4.97. The first-order chi connectivity index (χ1) is 7.84. The minimum absolute atomic E-state index is 0. The van der Waals surface area contributed by atoms with E-state index in [-0.39, 0.29) is 18.3 Å². The SMILES string of the molecule is Cl.O=C1Nc2cccnc2Nc2ccccc21. The van der Waals surface area contributed by atoms with Gasteiger partial charge in [-0.05, 0) is 24.3 Å². The fraction of sp³-hybridized carbons (Fsp3) is 0. The zero-order valence-electron chi connectivity index (χ0n) is 8.81. The molecule has 3 rings (SSSR count). The van der Waals surface area contributed by atoms with Gasteiger partial charge in [-0.25, -0.2) is 4.98 Å². The number of para-hydroxylation sites is 1. The molecule has 0 unspecified atom stereocenters. The van der Waals surface area contributed by atoms with Gasteiger partial charge in [0, 0.05) is 6.20 Å². The van der Waals surface area contributed by atoms with Crippen molar-refractivity contribution in [1.82, 2.24) is 4.98 Å². The van der Waals surface area contributed by atoms with Gasteiger partial charge in [-0.1, -0.05) is 12.1 Å². The first kappa shape index (κ1) is 11.4. The van der Waals surface area contributed by atoms with Gasteiger partial charge in [-0.15, -0.1) is 12.4 Å². The van der Waals surface area contributed by atoms with E-state index in [2.05, 4.69) is 15.6 Å². The topological polar surface area (TPSA) is 54.0 Å². The van der Waals surface area contributed by atoms with Crippen LogP contribution in [0.1, 0.15) is 10.4 Å². The summed E-state index contributed by atoms with van der Waals surface area (Å²) < 4.78 is 0. The van der Waals surface area contributed by atoms with E-state index in [0.29, 0.717) is 17.1 Å². The Kier molecular flexibility index (Phi) is 2.97. The van der Waals surface area contributed by atoms with E-state index in [9.17, 15) is 4.79 Å². The van der Waals surface area contributed by atoms with Gasteiger partial charge in [-0.2, -0.15) is 0 Å². The van der Waals surface area contributed by atoms with Crippen molar-refractivity contribution in [2.24, 2.45) is 0 Å². The highest BCUT2D eigenvalue weighted by atomic mass is 35.5. The normalized spacial score (nSPS) is 12.1. The number of pyridine rings is 1. The minimum Gasteiger partial charge on any atom is -0.338 e. The molecule has 1 aliphatic heterocycles. The number of nitrogens with one attached hydrogen (secondary N) is 2. The third kappa shape index (κ3) is 1.94. The van der Waals surface area contributed by atoms with E-state index in [0.717, 1.165) is 5.69 Å². The summed E-state index contributed by atoms with van der Waals surface area (Å²) in [6.07, 6.45) is 1.69. The quantitative estimate of drug-likeness (QED) is 0.753. The largest absolute Gasteiger partial charge is 0.338 e. The van der Waals surface area contributed by atoms with E-state index >= 15 is 0 Å². The van der Waals surface area contributed by atoms with Gasteiger partial charge in [0.25, 0.3) is 5.91 Å². The zero-order valence-corrected chi connectivity index (χ0v) is 9.62. The summed E-state index contributed by atoms with van der Waals surface area (Å²) in [6, 6.07) is 11.0. The smallest absolute Gasteiger partial charge is 0.257 e. The van der Waals surface area contributed by atoms with E-state index in [4.69, 9.17) is 0 Å². The Bertz CT molecular complexity index is 571. The number of fused-ring (bicyclic) bond motifs is 2. The van der Waals surface area contributed by atoms with Crippen LogP contribution < -0.4 is 10.6 Å². The van der Waals surface area contributed by atoms with Gasteiger partial charge in [0.15, 0.2) is 5.82 Å². The van der Waals surface area contributed by atoms with Crippen molar-refractivity contribution in [2.75, 3.05) is 10.6 Å². The van der Waals surface area contributed by atoms with Gasteiger partial charge in [-0.3, -0.25) is 4.79 Å². The van der Waals surface area contributed by atoms with Crippen molar-refractivity contribution in [2.45, 2.75) is 0 Å². The first-order valence-corrected chi connectivity index (χ1v) is 4.97. The van der Waals surface area contributed by atoms with Gasteiger partial charge in [0.2, 0.25) is 0 Å². The molecule has 1 amide bonds. The van der Waals surface area contributed by atoms with Crippen LogP contribution in [0.3, 0.4) is 0 Å². The highest BCUT2D eigenvalue weighted by Crippen LogP contribution is 2.29. The number of aromatic nitrogens is 1. The molecule has 0 saturated carbocycles. The summed E-state index contributed by atoms with van der Waals surface area (Å²) in [4.78, 5) is 16.1. The van der Waals surface area contributed by atoms with Crippen LogP contribution in [0.4, 0.5) is 17.2 Å². The van der Waals surface area contributed by atoms with Gasteiger partial charge in [0.05, 0.1) is 16.9 Å². The number of halogens is 1. The minimum atomic E-state index is -0.116. The summed E-state index contributed by atoms with van der Waals surface area (Å²) in [7, 11) is 0. The number of carbonyl (C=O) groups is 1. The van der Waals surface area contributed by atoms with Gasteiger partial charge < -0.3 is 10.6 Å². The van der Waals surface area contributed by atoms with Crippen molar-refractivity contribution in [3.8, 4) is 0 Å².